The van der Waals surface area contributed by atoms with Crippen LogP contribution in [0.5, 0.6) is 0 Å². The van der Waals surface area contributed by atoms with Gasteiger partial charge in [-0.25, -0.2) is 9.78 Å². The van der Waals surface area contributed by atoms with Crippen molar-refractivity contribution in [1.29, 1.82) is 0 Å². The van der Waals surface area contributed by atoms with Crippen molar-refractivity contribution in [1.82, 2.24) is 19.1 Å². The third kappa shape index (κ3) is 4.31. The first kappa shape index (κ1) is 25.2. The molecule has 3 aliphatic carbocycles. The second-order valence-electron chi connectivity index (χ2n) is 10.3. The number of aliphatic carboxylic acids is 1. The monoisotopic (exact) mass is 488 g/mol. The van der Waals surface area contributed by atoms with E-state index in [4.69, 9.17) is 9.72 Å². The van der Waals surface area contributed by atoms with Crippen molar-refractivity contribution >= 4 is 23.1 Å². The molecule has 0 amide bonds. The SMILES string of the molecule is CCCn1c(=O)c2[nH]c(C34CCC(CC(C(=O)O)C(=O)OCC)(CC3)CC4)nc2n(CCC)c1=O. The number of imidazole rings is 1. The largest absolute Gasteiger partial charge is 0.481 e. The van der Waals surface area contributed by atoms with Gasteiger partial charge in [-0.1, -0.05) is 13.8 Å². The number of aryl methyl sites for hydroxylation is 1. The van der Waals surface area contributed by atoms with Crippen molar-refractivity contribution in [3.63, 3.8) is 0 Å². The molecule has 3 fully saturated rings. The summed E-state index contributed by atoms with van der Waals surface area (Å²) in [7, 11) is 0. The Morgan fingerprint density at radius 1 is 1.03 bits per heavy atom. The number of H-pyrrole nitrogens is 1. The minimum Gasteiger partial charge on any atom is -0.481 e. The molecule has 35 heavy (non-hydrogen) atoms. The lowest BCUT2D eigenvalue weighted by molar-refractivity contribution is -0.161. The van der Waals surface area contributed by atoms with E-state index in [1.165, 1.54) is 4.57 Å². The second kappa shape index (κ2) is 9.62. The molecule has 3 saturated carbocycles. The maximum absolute atomic E-state index is 13.1. The summed E-state index contributed by atoms with van der Waals surface area (Å²) in [6, 6.07) is 0. The number of aromatic amines is 1. The Labute approximate surface area is 203 Å². The number of rotatable bonds is 10. The van der Waals surface area contributed by atoms with Gasteiger partial charge in [-0.15, -0.1) is 0 Å². The number of carbonyl (C=O) groups is 2. The Morgan fingerprint density at radius 3 is 2.17 bits per heavy atom. The molecule has 0 aliphatic heterocycles. The van der Waals surface area contributed by atoms with Crippen molar-refractivity contribution < 1.29 is 19.4 Å². The van der Waals surface area contributed by atoms with E-state index in [9.17, 15) is 24.3 Å². The zero-order chi connectivity index (χ0) is 25.4. The number of carboxylic acids is 1. The van der Waals surface area contributed by atoms with E-state index in [-0.39, 0.29) is 35.1 Å². The van der Waals surface area contributed by atoms with Crippen LogP contribution < -0.4 is 11.2 Å². The Hall–Kier alpha value is -2.91. The third-order valence-electron chi connectivity index (χ3n) is 8.17. The molecule has 1 unspecified atom stereocenters. The maximum atomic E-state index is 13.1. The van der Waals surface area contributed by atoms with Gasteiger partial charge in [0.05, 0.1) is 6.61 Å². The molecule has 2 aromatic heterocycles. The first-order chi connectivity index (χ1) is 16.7. The molecular formula is C25H36N4O6. The molecule has 2 bridgehead atoms. The van der Waals surface area contributed by atoms with Crippen LogP contribution in [0.15, 0.2) is 9.59 Å². The predicted octanol–water partition coefficient (Wildman–Crippen LogP) is 2.95. The average Bonchev–Trinajstić information content (AvgIpc) is 3.30. The van der Waals surface area contributed by atoms with Gasteiger partial charge in [0.15, 0.2) is 11.6 Å². The number of hydrogen-bond acceptors (Lipinski definition) is 6. The Kier molecular flexibility index (Phi) is 6.92. The summed E-state index contributed by atoms with van der Waals surface area (Å²) in [5, 5.41) is 9.64. The fraction of sp³-hybridized carbons (Fsp3) is 0.720. The highest BCUT2D eigenvalue weighted by atomic mass is 16.5. The van der Waals surface area contributed by atoms with Gasteiger partial charge in [0.2, 0.25) is 0 Å². The van der Waals surface area contributed by atoms with Crippen LogP contribution in [0.4, 0.5) is 0 Å². The fourth-order valence-corrected chi connectivity index (χ4v) is 6.14. The quantitative estimate of drug-likeness (QED) is 0.387. The van der Waals surface area contributed by atoms with Gasteiger partial charge in [-0.3, -0.25) is 23.5 Å². The molecule has 0 spiro atoms. The standard InChI is InChI=1S/C25H36N4O6/c1-4-13-28-18-17(19(30)29(14-5-2)23(28)34)26-22(27-18)25-10-7-24(8-11-25,9-12-25)15-16(20(31)32)21(33)35-6-3/h16H,4-15H2,1-3H3,(H,26,27)(H,31,32). The summed E-state index contributed by atoms with van der Waals surface area (Å²) in [6.07, 6.45) is 6.47. The molecular weight excluding hydrogens is 452 g/mol. The number of fused-ring (bicyclic) bond motifs is 4. The van der Waals surface area contributed by atoms with E-state index in [0.29, 0.717) is 30.7 Å². The van der Waals surface area contributed by atoms with Gasteiger partial charge >= 0.3 is 17.6 Å². The molecule has 0 saturated heterocycles. The third-order valence-corrected chi connectivity index (χ3v) is 8.17. The summed E-state index contributed by atoms with van der Waals surface area (Å²) in [6.45, 7) is 6.62. The van der Waals surface area contributed by atoms with E-state index in [1.54, 1.807) is 11.5 Å². The van der Waals surface area contributed by atoms with Gasteiger partial charge in [0, 0.05) is 18.5 Å². The number of hydrogen-bond donors (Lipinski definition) is 2. The molecule has 2 aromatic rings. The van der Waals surface area contributed by atoms with Crippen LogP contribution in [0.2, 0.25) is 0 Å². The van der Waals surface area contributed by atoms with Gasteiger partial charge in [0.25, 0.3) is 5.56 Å². The van der Waals surface area contributed by atoms with Gasteiger partial charge < -0.3 is 14.8 Å². The minimum atomic E-state index is -1.15. The zero-order valence-electron chi connectivity index (χ0n) is 20.9. The highest BCUT2D eigenvalue weighted by Gasteiger charge is 2.52. The van der Waals surface area contributed by atoms with Crippen LogP contribution in [0.1, 0.15) is 84.4 Å². The summed E-state index contributed by atoms with van der Waals surface area (Å²) in [5.41, 5.74) is -0.276. The molecule has 2 heterocycles. The predicted molar refractivity (Wildman–Crippen MR) is 129 cm³/mol. The highest BCUT2D eigenvalue weighted by Crippen LogP contribution is 2.59. The van der Waals surface area contributed by atoms with Gasteiger partial charge in [-0.2, -0.15) is 0 Å². The first-order valence-corrected chi connectivity index (χ1v) is 12.8. The van der Waals surface area contributed by atoms with Crippen LogP contribution >= 0.6 is 0 Å². The summed E-state index contributed by atoms with van der Waals surface area (Å²) >= 11 is 0. The van der Waals surface area contributed by atoms with Crippen molar-refractivity contribution in [2.24, 2.45) is 11.3 Å². The minimum absolute atomic E-state index is 0.161. The summed E-state index contributed by atoms with van der Waals surface area (Å²) in [4.78, 5) is 58.3. The van der Waals surface area contributed by atoms with E-state index < -0.39 is 17.9 Å². The van der Waals surface area contributed by atoms with E-state index >= 15 is 0 Å². The van der Waals surface area contributed by atoms with Crippen molar-refractivity contribution in [2.75, 3.05) is 6.61 Å². The van der Waals surface area contributed by atoms with Crippen LogP contribution in [-0.4, -0.2) is 42.8 Å². The van der Waals surface area contributed by atoms with E-state index in [2.05, 4.69) is 4.98 Å². The maximum Gasteiger partial charge on any atom is 0.332 e. The topological polar surface area (TPSA) is 136 Å². The zero-order valence-corrected chi connectivity index (χ0v) is 20.9. The fourth-order valence-electron chi connectivity index (χ4n) is 6.14. The summed E-state index contributed by atoms with van der Waals surface area (Å²) in [5.74, 6) is -2.19. The van der Waals surface area contributed by atoms with Gasteiger partial charge in [-0.05, 0) is 70.1 Å². The molecule has 5 rings (SSSR count). The Balaban J connectivity index is 1.65. The smallest absolute Gasteiger partial charge is 0.332 e. The van der Waals surface area contributed by atoms with E-state index in [1.807, 2.05) is 13.8 Å². The van der Waals surface area contributed by atoms with Crippen LogP contribution in [0.3, 0.4) is 0 Å². The molecule has 10 nitrogen and oxygen atoms in total. The second-order valence-corrected chi connectivity index (χ2v) is 10.3. The molecule has 10 heteroatoms. The number of nitrogens with zero attached hydrogens (tertiary/aromatic N) is 3. The number of carbonyl (C=O) groups excluding carboxylic acids is 1. The molecule has 1 atom stereocenters. The molecule has 192 valence electrons. The molecule has 0 radical (unpaired) electrons. The van der Waals surface area contributed by atoms with E-state index in [0.717, 1.165) is 50.8 Å². The number of aromatic nitrogens is 4. The van der Waals surface area contributed by atoms with Crippen LogP contribution in [0.25, 0.3) is 11.2 Å². The molecule has 0 aromatic carbocycles. The normalized spacial score (nSPS) is 24.5. The average molecular weight is 489 g/mol. The van der Waals surface area contributed by atoms with Crippen molar-refractivity contribution in [3.8, 4) is 0 Å². The first-order valence-electron chi connectivity index (χ1n) is 12.8. The Morgan fingerprint density at radius 2 is 1.63 bits per heavy atom. The molecule has 2 N–H and O–H groups in total. The Bertz CT molecular complexity index is 1210. The van der Waals surface area contributed by atoms with Crippen molar-refractivity contribution in [2.45, 2.75) is 97.1 Å². The summed E-state index contributed by atoms with van der Waals surface area (Å²) < 4.78 is 7.92. The number of nitrogens with one attached hydrogen (secondary N) is 1. The number of carboxylic acid groups (broad SMARTS) is 1. The lowest BCUT2D eigenvalue weighted by Crippen LogP contribution is -2.46. The van der Waals surface area contributed by atoms with Crippen LogP contribution in [0, 0.1) is 11.3 Å². The molecule has 3 aliphatic rings. The van der Waals surface area contributed by atoms with Gasteiger partial charge in [0.1, 0.15) is 11.3 Å². The highest BCUT2D eigenvalue weighted by molar-refractivity contribution is 5.94. The lowest BCUT2D eigenvalue weighted by atomic mass is 9.51. The number of ether oxygens (including phenoxy) is 1. The lowest BCUT2D eigenvalue weighted by Gasteiger charge is -2.53. The number of esters is 1. The van der Waals surface area contributed by atoms with Crippen molar-refractivity contribution in [3.05, 3.63) is 26.7 Å². The van der Waals surface area contributed by atoms with Crippen LogP contribution in [-0.2, 0) is 32.8 Å².